The minimum absolute atomic E-state index is 0.181. The van der Waals surface area contributed by atoms with Crippen LogP contribution in [0.2, 0.25) is 0 Å². The van der Waals surface area contributed by atoms with E-state index in [0.29, 0.717) is 11.1 Å². The molecule has 1 aromatic carbocycles. The van der Waals surface area contributed by atoms with Crippen molar-refractivity contribution < 1.29 is 0 Å². The summed E-state index contributed by atoms with van der Waals surface area (Å²) in [5, 5.41) is 20.9. The lowest BCUT2D eigenvalue weighted by Gasteiger charge is -2.19. The Morgan fingerprint density at radius 1 is 1.12 bits per heavy atom. The third-order valence-electron chi connectivity index (χ3n) is 2.08. The third-order valence-corrected chi connectivity index (χ3v) is 2.08. The highest BCUT2D eigenvalue weighted by Gasteiger charge is 2.10. The smallest absolute Gasteiger partial charge is 0.101 e. The number of benzene rings is 1. The molecule has 16 heavy (non-hydrogen) atoms. The predicted octanol–water partition coefficient (Wildman–Crippen LogP) is 2.89. The SMILES string of the molecule is CC(C)(C)CNc1ccc(C#N)c(C#N)c1. The quantitative estimate of drug-likeness (QED) is 0.821. The number of nitriles is 2. The zero-order chi connectivity index (χ0) is 12.2. The van der Waals surface area contributed by atoms with Gasteiger partial charge in [-0.05, 0) is 23.6 Å². The summed E-state index contributed by atoms with van der Waals surface area (Å²) in [6, 6.07) is 9.22. The zero-order valence-electron chi connectivity index (χ0n) is 9.83. The first-order valence-corrected chi connectivity index (χ1v) is 5.14. The largest absolute Gasteiger partial charge is 0.384 e. The number of rotatable bonds is 2. The molecule has 0 amide bonds. The van der Waals surface area contributed by atoms with Gasteiger partial charge in [0.2, 0.25) is 0 Å². The molecule has 0 saturated carbocycles. The second-order valence-corrected chi connectivity index (χ2v) is 4.90. The van der Waals surface area contributed by atoms with E-state index in [1.54, 1.807) is 12.1 Å². The molecule has 1 N–H and O–H groups in total. The molecule has 0 aliphatic carbocycles. The molecule has 82 valence electrons. The molecule has 0 spiro atoms. The van der Waals surface area contributed by atoms with Crippen molar-refractivity contribution in [2.45, 2.75) is 20.8 Å². The van der Waals surface area contributed by atoms with Crippen molar-refractivity contribution in [2.75, 3.05) is 11.9 Å². The molecule has 1 aromatic rings. The van der Waals surface area contributed by atoms with Gasteiger partial charge in [0.15, 0.2) is 0 Å². The van der Waals surface area contributed by atoms with Crippen LogP contribution in [0.1, 0.15) is 31.9 Å². The van der Waals surface area contributed by atoms with E-state index in [4.69, 9.17) is 10.5 Å². The van der Waals surface area contributed by atoms with Crippen molar-refractivity contribution in [1.82, 2.24) is 0 Å². The van der Waals surface area contributed by atoms with Crippen molar-refractivity contribution >= 4 is 5.69 Å². The van der Waals surface area contributed by atoms with Crippen molar-refractivity contribution in [3.63, 3.8) is 0 Å². The molecule has 3 nitrogen and oxygen atoms in total. The summed E-state index contributed by atoms with van der Waals surface area (Å²) in [7, 11) is 0. The second-order valence-electron chi connectivity index (χ2n) is 4.90. The molecular weight excluding hydrogens is 198 g/mol. The molecule has 0 aliphatic rings. The van der Waals surface area contributed by atoms with Gasteiger partial charge in [0.1, 0.15) is 12.1 Å². The van der Waals surface area contributed by atoms with Crippen molar-refractivity contribution in [3.8, 4) is 12.1 Å². The van der Waals surface area contributed by atoms with Gasteiger partial charge in [-0.1, -0.05) is 20.8 Å². The van der Waals surface area contributed by atoms with Crippen LogP contribution in [0.5, 0.6) is 0 Å². The highest BCUT2D eigenvalue weighted by molar-refractivity contribution is 5.56. The summed E-state index contributed by atoms with van der Waals surface area (Å²) < 4.78 is 0. The zero-order valence-corrected chi connectivity index (χ0v) is 9.83. The molecule has 0 aliphatic heterocycles. The molecule has 3 heteroatoms. The van der Waals surface area contributed by atoms with Crippen LogP contribution in [-0.2, 0) is 0 Å². The minimum Gasteiger partial charge on any atom is -0.384 e. The monoisotopic (exact) mass is 213 g/mol. The third kappa shape index (κ3) is 3.29. The van der Waals surface area contributed by atoms with Crippen LogP contribution in [0.4, 0.5) is 5.69 Å². The lowest BCUT2D eigenvalue weighted by molar-refractivity contribution is 0.443. The Morgan fingerprint density at radius 3 is 2.25 bits per heavy atom. The van der Waals surface area contributed by atoms with Crippen molar-refractivity contribution in [2.24, 2.45) is 5.41 Å². The first-order valence-electron chi connectivity index (χ1n) is 5.14. The van der Waals surface area contributed by atoms with E-state index in [9.17, 15) is 0 Å². The highest BCUT2D eigenvalue weighted by atomic mass is 14.9. The number of nitrogens with one attached hydrogen (secondary N) is 1. The lowest BCUT2D eigenvalue weighted by atomic mass is 9.97. The normalized spacial score (nSPS) is 10.3. The van der Waals surface area contributed by atoms with Gasteiger partial charge < -0.3 is 5.32 Å². The Kier molecular flexibility index (Phi) is 3.53. The summed E-state index contributed by atoms with van der Waals surface area (Å²) >= 11 is 0. The maximum atomic E-state index is 8.87. The Labute approximate surface area is 96.3 Å². The molecule has 0 heterocycles. The maximum absolute atomic E-state index is 8.87. The van der Waals surface area contributed by atoms with Gasteiger partial charge in [-0.2, -0.15) is 10.5 Å². The Balaban J connectivity index is 2.86. The first-order chi connectivity index (χ1) is 7.46. The van der Waals surface area contributed by atoms with E-state index in [1.807, 2.05) is 18.2 Å². The second kappa shape index (κ2) is 4.68. The first kappa shape index (κ1) is 12.1. The van der Waals surface area contributed by atoms with Crippen LogP contribution < -0.4 is 5.32 Å². The van der Waals surface area contributed by atoms with Crippen molar-refractivity contribution in [1.29, 1.82) is 10.5 Å². The molecule has 0 atom stereocenters. The molecule has 0 radical (unpaired) electrons. The van der Waals surface area contributed by atoms with Crippen LogP contribution in [-0.4, -0.2) is 6.54 Å². The standard InChI is InChI=1S/C13H15N3/c1-13(2,3)9-16-12-5-4-10(7-14)11(6-12)8-15/h4-6,16H,9H2,1-3H3. The summed E-state index contributed by atoms with van der Waals surface area (Å²) in [4.78, 5) is 0. The van der Waals surface area contributed by atoms with Gasteiger partial charge in [-0.25, -0.2) is 0 Å². The van der Waals surface area contributed by atoms with Gasteiger partial charge >= 0.3 is 0 Å². The average Bonchev–Trinajstić information content (AvgIpc) is 2.25. The fourth-order valence-electron chi connectivity index (χ4n) is 1.21. The number of nitrogens with zero attached hydrogens (tertiary/aromatic N) is 2. The van der Waals surface area contributed by atoms with Crippen LogP contribution in [0.25, 0.3) is 0 Å². The lowest BCUT2D eigenvalue weighted by Crippen LogP contribution is -2.19. The number of hydrogen-bond acceptors (Lipinski definition) is 3. The van der Waals surface area contributed by atoms with E-state index in [-0.39, 0.29) is 5.41 Å². The molecule has 0 unspecified atom stereocenters. The molecule has 0 bridgehead atoms. The van der Waals surface area contributed by atoms with E-state index in [2.05, 4.69) is 26.1 Å². The topological polar surface area (TPSA) is 59.6 Å². The summed E-state index contributed by atoms with van der Waals surface area (Å²) in [6.45, 7) is 7.22. The molecular formula is C13H15N3. The fraction of sp³-hybridized carbons (Fsp3) is 0.385. The molecule has 0 fully saturated rings. The fourth-order valence-corrected chi connectivity index (χ4v) is 1.21. The van der Waals surface area contributed by atoms with E-state index < -0.39 is 0 Å². The van der Waals surface area contributed by atoms with Crippen LogP contribution >= 0.6 is 0 Å². The number of anilines is 1. The van der Waals surface area contributed by atoms with Crippen molar-refractivity contribution in [3.05, 3.63) is 29.3 Å². The van der Waals surface area contributed by atoms with Gasteiger partial charge in [-0.3, -0.25) is 0 Å². The van der Waals surface area contributed by atoms with E-state index >= 15 is 0 Å². The van der Waals surface area contributed by atoms with E-state index in [1.165, 1.54) is 0 Å². The summed E-state index contributed by atoms with van der Waals surface area (Å²) in [5.41, 5.74) is 1.90. The maximum Gasteiger partial charge on any atom is 0.101 e. The summed E-state index contributed by atoms with van der Waals surface area (Å²) in [5.74, 6) is 0. The minimum atomic E-state index is 0.181. The Morgan fingerprint density at radius 2 is 1.75 bits per heavy atom. The Hall–Kier alpha value is -2.00. The summed E-state index contributed by atoms with van der Waals surface area (Å²) in [6.07, 6.45) is 0. The highest BCUT2D eigenvalue weighted by Crippen LogP contribution is 2.18. The van der Waals surface area contributed by atoms with Gasteiger partial charge in [-0.15, -0.1) is 0 Å². The molecule has 0 aromatic heterocycles. The van der Waals surface area contributed by atoms with Gasteiger partial charge in [0.25, 0.3) is 0 Å². The molecule has 0 saturated heterocycles. The van der Waals surface area contributed by atoms with Gasteiger partial charge in [0, 0.05) is 12.2 Å². The predicted molar refractivity (Wildman–Crippen MR) is 63.8 cm³/mol. The van der Waals surface area contributed by atoms with Crippen LogP contribution in [0.15, 0.2) is 18.2 Å². The average molecular weight is 213 g/mol. The number of hydrogen-bond donors (Lipinski definition) is 1. The van der Waals surface area contributed by atoms with E-state index in [0.717, 1.165) is 12.2 Å². The Bertz CT molecular complexity index is 456. The van der Waals surface area contributed by atoms with Crippen LogP contribution in [0.3, 0.4) is 0 Å². The molecule has 1 rings (SSSR count). The van der Waals surface area contributed by atoms with Crippen LogP contribution in [0, 0.1) is 28.1 Å². The van der Waals surface area contributed by atoms with Gasteiger partial charge in [0.05, 0.1) is 11.1 Å².